The molecule has 0 aliphatic rings. The van der Waals surface area contributed by atoms with E-state index in [0.717, 1.165) is 13.0 Å². The van der Waals surface area contributed by atoms with Crippen LogP contribution in [0.4, 0.5) is 0 Å². The summed E-state index contributed by atoms with van der Waals surface area (Å²) in [5.74, 6) is 1.04. The van der Waals surface area contributed by atoms with Crippen LogP contribution in [-0.4, -0.2) is 31.3 Å². The van der Waals surface area contributed by atoms with Crippen LogP contribution < -0.4 is 0 Å². The second-order valence-electron chi connectivity index (χ2n) is 3.86. The first-order chi connectivity index (χ1) is 5.49. The van der Waals surface area contributed by atoms with Crippen molar-refractivity contribution in [3.63, 3.8) is 0 Å². The Balaban J connectivity index is 4.13. The quantitative estimate of drug-likeness (QED) is 0.628. The van der Waals surface area contributed by atoms with Gasteiger partial charge < -0.3 is 4.90 Å². The van der Waals surface area contributed by atoms with Crippen molar-refractivity contribution in [3.05, 3.63) is 0 Å². The molecule has 0 fully saturated rings. The number of hydrogen-bond donors (Lipinski definition) is 0. The maximum atomic E-state index is 11.3. The molecular weight excluding hydrogens is 150 g/mol. The van der Waals surface area contributed by atoms with E-state index in [1.807, 2.05) is 14.1 Å². The monoisotopic (exact) mass is 171 g/mol. The first-order valence-electron chi connectivity index (χ1n) is 4.64. The van der Waals surface area contributed by atoms with Crippen LogP contribution in [0.2, 0.25) is 0 Å². The number of hydrogen-bond acceptors (Lipinski definition) is 2. The maximum Gasteiger partial charge on any atom is 0.134 e. The van der Waals surface area contributed by atoms with Gasteiger partial charge in [-0.05, 0) is 26.9 Å². The van der Waals surface area contributed by atoms with Gasteiger partial charge >= 0.3 is 0 Å². The molecule has 0 radical (unpaired) electrons. The molecule has 0 spiro atoms. The number of carbonyl (C=O) groups is 1. The number of carbonyl (C=O) groups excluding carboxylic acids is 1. The average Bonchev–Trinajstić information content (AvgIpc) is 1.98. The molecule has 72 valence electrons. The second kappa shape index (κ2) is 5.31. The van der Waals surface area contributed by atoms with Gasteiger partial charge in [0.15, 0.2) is 0 Å². The first kappa shape index (κ1) is 11.6. The van der Waals surface area contributed by atoms with E-state index in [0.29, 0.717) is 11.7 Å². The van der Waals surface area contributed by atoms with Gasteiger partial charge in [-0.15, -0.1) is 0 Å². The standard InChI is InChI=1S/C10H21NO/c1-6-8(2)10(9(3)12)7-11(4)5/h8,10H,6-7H2,1-5H3. The highest BCUT2D eigenvalue weighted by Crippen LogP contribution is 2.16. The smallest absolute Gasteiger partial charge is 0.134 e. The van der Waals surface area contributed by atoms with Gasteiger partial charge in [0.2, 0.25) is 0 Å². The van der Waals surface area contributed by atoms with Gasteiger partial charge in [0.05, 0.1) is 0 Å². The lowest BCUT2D eigenvalue weighted by atomic mass is 9.88. The van der Waals surface area contributed by atoms with Gasteiger partial charge in [-0.1, -0.05) is 20.3 Å². The Morgan fingerprint density at radius 1 is 1.42 bits per heavy atom. The molecule has 0 saturated carbocycles. The van der Waals surface area contributed by atoms with E-state index >= 15 is 0 Å². The highest BCUT2D eigenvalue weighted by molar-refractivity contribution is 5.78. The Hall–Kier alpha value is -0.370. The molecule has 0 heterocycles. The molecule has 2 atom stereocenters. The van der Waals surface area contributed by atoms with Crippen LogP contribution in [-0.2, 0) is 4.79 Å². The van der Waals surface area contributed by atoms with Crippen molar-refractivity contribution in [1.82, 2.24) is 4.90 Å². The van der Waals surface area contributed by atoms with E-state index in [9.17, 15) is 4.79 Å². The third kappa shape index (κ3) is 3.86. The lowest BCUT2D eigenvalue weighted by Gasteiger charge is -2.23. The van der Waals surface area contributed by atoms with Crippen LogP contribution in [0.5, 0.6) is 0 Å². The fourth-order valence-corrected chi connectivity index (χ4v) is 1.39. The Kier molecular flexibility index (Phi) is 5.14. The zero-order valence-electron chi connectivity index (χ0n) is 8.92. The van der Waals surface area contributed by atoms with Gasteiger partial charge in [-0.2, -0.15) is 0 Å². The lowest BCUT2D eigenvalue weighted by molar-refractivity contribution is -0.122. The van der Waals surface area contributed by atoms with E-state index in [2.05, 4.69) is 18.7 Å². The molecule has 0 amide bonds. The van der Waals surface area contributed by atoms with Gasteiger partial charge in [0, 0.05) is 12.5 Å². The SMILES string of the molecule is CCC(C)C(CN(C)C)C(C)=O. The van der Waals surface area contributed by atoms with E-state index in [-0.39, 0.29) is 5.92 Å². The summed E-state index contributed by atoms with van der Waals surface area (Å²) in [5, 5.41) is 0. The Morgan fingerprint density at radius 2 is 1.92 bits per heavy atom. The molecular formula is C10H21NO. The molecule has 0 aromatic carbocycles. The number of nitrogens with zero attached hydrogens (tertiary/aromatic N) is 1. The molecule has 0 saturated heterocycles. The summed E-state index contributed by atoms with van der Waals surface area (Å²) in [6.07, 6.45) is 1.08. The summed E-state index contributed by atoms with van der Waals surface area (Å²) < 4.78 is 0. The molecule has 0 N–H and O–H groups in total. The summed E-state index contributed by atoms with van der Waals surface area (Å²) >= 11 is 0. The molecule has 2 nitrogen and oxygen atoms in total. The molecule has 0 aromatic heterocycles. The predicted octanol–water partition coefficient (Wildman–Crippen LogP) is 1.80. The fraction of sp³-hybridized carbons (Fsp3) is 0.900. The van der Waals surface area contributed by atoms with Crippen LogP contribution >= 0.6 is 0 Å². The summed E-state index contributed by atoms with van der Waals surface area (Å²) in [7, 11) is 4.02. The summed E-state index contributed by atoms with van der Waals surface area (Å²) in [5.41, 5.74) is 0. The summed E-state index contributed by atoms with van der Waals surface area (Å²) in [6, 6.07) is 0. The normalized spacial score (nSPS) is 16.2. The van der Waals surface area contributed by atoms with E-state index in [1.165, 1.54) is 0 Å². The van der Waals surface area contributed by atoms with E-state index < -0.39 is 0 Å². The molecule has 2 unspecified atom stereocenters. The van der Waals surface area contributed by atoms with Crippen molar-refractivity contribution < 1.29 is 4.79 Å². The topological polar surface area (TPSA) is 20.3 Å². The number of ketones is 1. The minimum absolute atomic E-state index is 0.213. The molecule has 0 rings (SSSR count). The molecule has 0 aromatic rings. The fourth-order valence-electron chi connectivity index (χ4n) is 1.39. The second-order valence-corrected chi connectivity index (χ2v) is 3.86. The Bertz CT molecular complexity index is 143. The average molecular weight is 171 g/mol. The molecule has 0 aliphatic heterocycles. The van der Waals surface area contributed by atoms with Crippen LogP contribution in [0.3, 0.4) is 0 Å². The number of rotatable bonds is 5. The van der Waals surface area contributed by atoms with Crippen LogP contribution in [0.25, 0.3) is 0 Å². The van der Waals surface area contributed by atoms with Crippen molar-refractivity contribution in [2.24, 2.45) is 11.8 Å². The molecule has 12 heavy (non-hydrogen) atoms. The van der Waals surface area contributed by atoms with Crippen LogP contribution in [0, 0.1) is 11.8 Å². The number of Topliss-reactive ketones (excluding diaryl/α,β-unsaturated/α-hetero) is 1. The summed E-state index contributed by atoms with van der Waals surface area (Å²) in [6.45, 7) is 6.86. The highest BCUT2D eigenvalue weighted by atomic mass is 16.1. The highest BCUT2D eigenvalue weighted by Gasteiger charge is 2.20. The van der Waals surface area contributed by atoms with Crippen molar-refractivity contribution in [2.75, 3.05) is 20.6 Å². The Morgan fingerprint density at radius 3 is 2.17 bits per heavy atom. The minimum Gasteiger partial charge on any atom is -0.309 e. The third-order valence-electron chi connectivity index (χ3n) is 2.41. The van der Waals surface area contributed by atoms with Gasteiger partial charge in [-0.3, -0.25) is 4.79 Å². The minimum atomic E-state index is 0.213. The van der Waals surface area contributed by atoms with Crippen molar-refractivity contribution in [3.8, 4) is 0 Å². The van der Waals surface area contributed by atoms with Crippen molar-refractivity contribution in [2.45, 2.75) is 27.2 Å². The largest absolute Gasteiger partial charge is 0.309 e. The maximum absolute atomic E-state index is 11.3. The molecule has 2 heteroatoms. The zero-order valence-corrected chi connectivity index (χ0v) is 8.92. The Labute approximate surface area is 75.9 Å². The zero-order chi connectivity index (χ0) is 9.72. The van der Waals surface area contributed by atoms with Crippen LogP contribution in [0.1, 0.15) is 27.2 Å². The van der Waals surface area contributed by atoms with Crippen molar-refractivity contribution >= 4 is 5.78 Å². The van der Waals surface area contributed by atoms with Gasteiger partial charge in [-0.25, -0.2) is 0 Å². The van der Waals surface area contributed by atoms with Crippen LogP contribution in [0.15, 0.2) is 0 Å². The van der Waals surface area contributed by atoms with Crippen molar-refractivity contribution in [1.29, 1.82) is 0 Å². The molecule has 0 aliphatic carbocycles. The third-order valence-corrected chi connectivity index (χ3v) is 2.41. The van der Waals surface area contributed by atoms with E-state index in [4.69, 9.17) is 0 Å². The van der Waals surface area contributed by atoms with Gasteiger partial charge in [0.1, 0.15) is 5.78 Å². The van der Waals surface area contributed by atoms with Gasteiger partial charge in [0.25, 0.3) is 0 Å². The van der Waals surface area contributed by atoms with E-state index in [1.54, 1.807) is 6.92 Å². The first-order valence-corrected chi connectivity index (χ1v) is 4.64. The lowest BCUT2D eigenvalue weighted by Crippen LogP contribution is -2.31. The summed E-state index contributed by atoms with van der Waals surface area (Å²) in [4.78, 5) is 13.3. The predicted molar refractivity (Wildman–Crippen MR) is 52.2 cm³/mol. The molecule has 0 bridgehead atoms.